The number of imidazole rings is 1. The van der Waals surface area contributed by atoms with E-state index in [0.717, 1.165) is 26.6 Å². The first-order valence-corrected chi connectivity index (χ1v) is 10.6. The van der Waals surface area contributed by atoms with Crippen LogP contribution in [0.5, 0.6) is 17.2 Å². The van der Waals surface area contributed by atoms with Gasteiger partial charge in [-0.15, -0.1) is 0 Å². The van der Waals surface area contributed by atoms with E-state index in [9.17, 15) is 5.26 Å². The number of benzene rings is 3. The summed E-state index contributed by atoms with van der Waals surface area (Å²) in [5.74, 6) is 2.37. The Morgan fingerprint density at radius 1 is 1.06 bits per heavy atom. The highest BCUT2D eigenvalue weighted by atomic mass is 79.9. The lowest BCUT2D eigenvalue weighted by atomic mass is 10.1. The van der Waals surface area contributed by atoms with Gasteiger partial charge in [0.2, 0.25) is 0 Å². The molecule has 0 unspecified atom stereocenters. The van der Waals surface area contributed by atoms with Gasteiger partial charge in [0, 0.05) is 10.5 Å². The summed E-state index contributed by atoms with van der Waals surface area (Å²) in [6, 6.07) is 21.3. The van der Waals surface area contributed by atoms with Crippen LogP contribution in [-0.2, 0) is 6.61 Å². The molecule has 0 aliphatic rings. The Kier molecular flexibility index (Phi) is 6.43. The van der Waals surface area contributed by atoms with Crippen LogP contribution in [0.1, 0.15) is 17.0 Å². The van der Waals surface area contributed by atoms with Crippen molar-refractivity contribution in [2.45, 2.75) is 6.61 Å². The zero-order valence-corrected chi connectivity index (χ0v) is 19.1. The van der Waals surface area contributed by atoms with Gasteiger partial charge in [0.05, 0.1) is 30.8 Å². The SMILES string of the molecule is COc1ccc2nc(/C(C#N)=C\c3cc(OC)c(OCc4ccccc4)cc3Br)[nH]c2c1. The second-order valence-corrected chi connectivity index (χ2v) is 7.79. The average Bonchev–Trinajstić information content (AvgIpc) is 3.25. The summed E-state index contributed by atoms with van der Waals surface area (Å²) >= 11 is 3.58. The van der Waals surface area contributed by atoms with Crippen molar-refractivity contribution in [2.75, 3.05) is 14.2 Å². The van der Waals surface area contributed by atoms with Crippen LogP contribution in [-0.4, -0.2) is 24.2 Å². The number of allylic oxidation sites excluding steroid dienone is 1. The summed E-state index contributed by atoms with van der Waals surface area (Å²) in [5, 5.41) is 9.77. The number of aromatic nitrogens is 2. The van der Waals surface area contributed by atoms with Gasteiger partial charge in [0.1, 0.15) is 24.3 Å². The highest BCUT2D eigenvalue weighted by Gasteiger charge is 2.13. The van der Waals surface area contributed by atoms with Crippen molar-refractivity contribution in [1.82, 2.24) is 9.97 Å². The van der Waals surface area contributed by atoms with Gasteiger partial charge in [0.25, 0.3) is 0 Å². The fraction of sp³-hybridized carbons (Fsp3) is 0.120. The highest BCUT2D eigenvalue weighted by Crippen LogP contribution is 2.36. The van der Waals surface area contributed by atoms with Crippen LogP contribution in [0.3, 0.4) is 0 Å². The topological polar surface area (TPSA) is 80.2 Å². The summed E-state index contributed by atoms with van der Waals surface area (Å²) in [6.45, 7) is 0.421. The number of fused-ring (bicyclic) bond motifs is 1. The molecular formula is C25H20BrN3O3. The molecular weight excluding hydrogens is 470 g/mol. The average molecular weight is 490 g/mol. The zero-order valence-electron chi connectivity index (χ0n) is 17.6. The molecule has 0 saturated heterocycles. The van der Waals surface area contributed by atoms with E-state index in [1.54, 1.807) is 20.3 Å². The van der Waals surface area contributed by atoms with Crippen molar-refractivity contribution in [3.8, 4) is 23.3 Å². The van der Waals surface area contributed by atoms with Gasteiger partial charge >= 0.3 is 0 Å². The Labute approximate surface area is 194 Å². The van der Waals surface area contributed by atoms with Crippen molar-refractivity contribution in [1.29, 1.82) is 5.26 Å². The Hall–Kier alpha value is -3.76. The Morgan fingerprint density at radius 2 is 1.88 bits per heavy atom. The molecule has 0 bridgehead atoms. The Bertz CT molecular complexity index is 1320. The van der Waals surface area contributed by atoms with E-state index in [2.05, 4.69) is 32.0 Å². The first kappa shape index (κ1) is 21.5. The fourth-order valence-electron chi connectivity index (χ4n) is 3.22. The number of H-pyrrole nitrogens is 1. The van der Waals surface area contributed by atoms with Gasteiger partial charge in [-0.25, -0.2) is 4.98 Å². The molecule has 0 radical (unpaired) electrons. The standard InChI is InChI=1S/C25H20BrN3O3/c1-30-19-8-9-21-22(12-19)29-25(28-21)18(14-27)10-17-11-23(31-2)24(13-20(17)26)32-15-16-6-4-3-5-7-16/h3-13H,15H2,1-2H3,(H,28,29)/b18-10-. The molecule has 0 atom stereocenters. The molecule has 7 heteroatoms. The van der Waals surface area contributed by atoms with Crippen LogP contribution in [0, 0.1) is 11.3 Å². The molecule has 1 heterocycles. The van der Waals surface area contributed by atoms with Crippen molar-refractivity contribution >= 4 is 38.6 Å². The molecule has 0 aliphatic carbocycles. The smallest absolute Gasteiger partial charge is 0.162 e. The third-order valence-corrected chi connectivity index (χ3v) is 5.57. The highest BCUT2D eigenvalue weighted by molar-refractivity contribution is 9.10. The summed E-state index contributed by atoms with van der Waals surface area (Å²) in [4.78, 5) is 7.72. The number of nitriles is 1. The first-order chi connectivity index (χ1) is 15.6. The quantitative estimate of drug-likeness (QED) is 0.322. The number of hydrogen-bond acceptors (Lipinski definition) is 5. The molecule has 1 aromatic heterocycles. The molecule has 3 aromatic carbocycles. The molecule has 160 valence electrons. The maximum atomic E-state index is 9.77. The van der Waals surface area contributed by atoms with Gasteiger partial charge in [-0.3, -0.25) is 0 Å². The second-order valence-electron chi connectivity index (χ2n) is 6.94. The lowest BCUT2D eigenvalue weighted by Gasteiger charge is -2.13. The summed E-state index contributed by atoms with van der Waals surface area (Å²) < 4.78 is 17.5. The van der Waals surface area contributed by atoms with Crippen LogP contribution in [0.4, 0.5) is 0 Å². The van der Waals surface area contributed by atoms with Gasteiger partial charge in [-0.2, -0.15) is 5.26 Å². The lowest BCUT2D eigenvalue weighted by molar-refractivity contribution is 0.284. The molecule has 1 N–H and O–H groups in total. The number of halogens is 1. The summed E-state index contributed by atoms with van der Waals surface area (Å²) in [5.41, 5.74) is 3.76. The van der Waals surface area contributed by atoms with Crippen LogP contribution in [0.25, 0.3) is 22.7 Å². The second kappa shape index (κ2) is 9.58. The van der Waals surface area contributed by atoms with E-state index in [4.69, 9.17) is 14.2 Å². The van der Waals surface area contributed by atoms with E-state index in [-0.39, 0.29) is 0 Å². The minimum absolute atomic E-state index is 0.390. The summed E-state index contributed by atoms with van der Waals surface area (Å²) in [7, 11) is 3.20. The van der Waals surface area contributed by atoms with Gasteiger partial charge < -0.3 is 19.2 Å². The third kappa shape index (κ3) is 4.61. The largest absolute Gasteiger partial charge is 0.497 e. The number of hydrogen-bond donors (Lipinski definition) is 1. The maximum absolute atomic E-state index is 9.77. The van der Waals surface area contributed by atoms with E-state index in [0.29, 0.717) is 35.3 Å². The molecule has 32 heavy (non-hydrogen) atoms. The predicted octanol–water partition coefficient (Wildman–Crippen LogP) is 5.99. The summed E-state index contributed by atoms with van der Waals surface area (Å²) in [6.07, 6.45) is 1.75. The third-order valence-electron chi connectivity index (χ3n) is 4.88. The Balaban J connectivity index is 1.65. The Morgan fingerprint density at radius 3 is 2.59 bits per heavy atom. The van der Waals surface area contributed by atoms with E-state index >= 15 is 0 Å². The van der Waals surface area contributed by atoms with E-state index < -0.39 is 0 Å². The molecule has 0 amide bonds. The molecule has 4 aromatic rings. The van der Waals surface area contributed by atoms with E-state index in [1.165, 1.54) is 0 Å². The molecule has 0 saturated carbocycles. The number of nitrogens with zero attached hydrogens (tertiary/aromatic N) is 2. The van der Waals surface area contributed by atoms with Crippen LogP contribution >= 0.6 is 15.9 Å². The van der Waals surface area contributed by atoms with Crippen LogP contribution < -0.4 is 14.2 Å². The molecule has 0 spiro atoms. The van der Waals surface area contributed by atoms with Crippen molar-refractivity contribution in [3.63, 3.8) is 0 Å². The van der Waals surface area contributed by atoms with Gasteiger partial charge in [-0.05, 0) is 41.5 Å². The normalized spacial score (nSPS) is 11.2. The number of rotatable bonds is 7. The fourth-order valence-corrected chi connectivity index (χ4v) is 3.66. The first-order valence-electron chi connectivity index (χ1n) is 9.81. The number of nitrogens with one attached hydrogen (secondary N) is 1. The van der Waals surface area contributed by atoms with E-state index in [1.807, 2.05) is 60.7 Å². The van der Waals surface area contributed by atoms with Crippen molar-refractivity contribution < 1.29 is 14.2 Å². The molecule has 4 rings (SSSR count). The zero-order chi connectivity index (χ0) is 22.5. The lowest BCUT2D eigenvalue weighted by Crippen LogP contribution is -1.98. The number of aromatic amines is 1. The molecule has 0 aliphatic heterocycles. The van der Waals surface area contributed by atoms with Crippen LogP contribution in [0.2, 0.25) is 0 Å². The molecule has 0 fully saturated rings. The van der Waals surface area contributed by atoms with Crippen molar-refractivity contribution in [3.05, 3.63) is 82.1 Å². The predicted molar refractivity (Wildman–Crippen MR) is 128 cm³/mol. The number of methoxy groups -OCH3 is 2. The molecule has 6 nitrogen and oxygen atoms in total. The van der Waals surface area contributed by atoms with Gasteiger partial charge in [0.15, 0.2) is 11.5 Å². The minimum atomic E-state index is 0.390. The van der Waals surface area contributed by atoms with Crippen molar-refractivity contribution in [2.24, 2.45) is 0 Å². The maximum Gasteiger partial charge on any atom is 0.162 e. The monoisotopic (exact) mass is 489 g/mol. The van der Waals surface area contributed by atoms with Crippen LogP contribution in [0.15, 0.2) is 65.1 Å². The minimum Gasteiger partial charge on any atom is -0.497 e. The number of ether oxygens (including phenoxy) is 3. The van der Waals surface area contributed by atoms with Gasteiger partial charge in [-0.1, -0.05) is 46.3 Å².